The molecule has 2 heterocycles. The van der Waals surface area contributed by atoms with Crippen molar-refractivity contribution in [3.05, 3.63) is 34.4 Å². The molecule has 0 radical (unpaired) electrons. The van der Waals surface area contributed by atoms with Gasteiger partial charge in [-0.25, -0.2) is 26.6 Å². The lowest BCUT2D eigenvalue weighted by atomic mass is 9.87. The van der Waals surface area contributed by atoms with Crippen LogP contribution in [0.2, 0.25) is 5.15 Å². The number of aliphatic hydroxyl groups is 1. The molecular weight excluding hydrogens is 387 g/mol. The second-order valence-electron chi connectivity index (χ2n) is 5.54. The monoisotopic (exact) mass is 397 g/mol. The van der Waals surface area contributed by atoms with Crippen molar-refractivity contribution < 1.29 is 26.7 Å². The van der Waals surface area contributed by atoms with E-state index in [4.69, 9.17) is 11.6 Å². The van der Waals surface area contributed by atoms with Crippen LogP contribution in [0.1, 0.15) is 23.7 Å². The van der Waals surface area contributed by atoms with E-state index in [1.54, 1.807) is 0 Å². The lowest BCUT2D eigenvalue weighted by molar-refractivity contribution is -0.122. The summed E-state index contributed by atoms with van der Waals surface area (Å²) in [6.45, 7) is 0. The number of aliphatic hydroxyl groups excluding tert-OH is 1. The van der Waals surface area contributed by atoms with E-state index in [-0.39, 0.29) is 32.5 Å². The van der Waals surface area contributed by atoms with Crippen LogP contribution in [0.4, 0.5) is 13.2 Å². The van der Waals surface area contributed by atoms with Crippen LogP contribution in [0.3, 0.4) is 0 Å². The van der Waals surface area contributed by atoms with E-state index in [2.05, 4.69) is 4.98 Å². The Hall–Kier alpha value is -1.16. The van der Waals surface area contributed by atoms with Gasteiger partial charge in [-0.2, -0.15) is 0 Å². The maximum absolute atomic E-state index is 13.8. The summed E-state index contributed by atoms with van der Waals surface area (Å²) < 4.78 is 65.0. The predicted molar refractivity (Wildman–Crippen MR) is 83.9 cm³/mol. The van der Waals surface area contributed by atoms with Crippen LogP contribution in [0.25, 0.3) is 10.4 Å². The smallest absolute Gasteiger partial charge is 0.277 e. The Kier molecular flexibility index (Phi) is 4.18. The zero-order chi connectivity index (χ0) is 17.9. The number of nitrogens with zero attached hydrogens (tertiary/aromatic N) is 1. The number of pyridine rings is 1. The second kappa shape index (κ2) is 5.69. The molecule has 10 heteroatoms. The molecule has 1 aliphatic rings. The van der Waals surface area contributed by atoms with Crippen LogP contribution < -0.4 is 0 Å². The number of sulfone groups is 1. The molecule has 130 valence electrons. The average Bonchev–Trinajstić information content (AvgIpc) is 2.86. The van der Waals surface area contributed by atoms with Gasteiger partial charge in [0, 0.05) is 34.9 Å². The molecule has 0 saturated heterocycles. The van der Waals surface area contributed by atoms with Crippen molar-refractivity contribution in [2.24, 2.45) is 0 Å². The van der Waals surface area contributed by atoms with Crippen molar-refractivity contribution in [3.63, 3.8) is 0 Å². The molecule has 1 N–H and O–H groups in total. The van der Waals surface area contributed by atoms with Crippen molar-refractivity contribution in [1.82, 2.24) is 4.98 Å². The van der Waals surface area contributed by atoms with Crippen molar-refractivity contribution >= 4 is 32.8 Å². The van der Waals surface area contributed by atoms with Gasteiger partial charge in [-0.3, -0.25) is 0 Å². The van der Waals surface area contributed by atoms with Crippen LogP contribution >= 0.6 is 22.9 Å². The van der Waals surface area contributed by atoms with Crippen LogP contribution in [0.5, 0.6) is 0 Å². The molecular formula is C14H11ClF3NO3S2. The van der Waals surface area contributed by atoms with E-state index in [1.807, 2.05) is 0 Å². The Morgan fingerprint density at radius 3 is 2.71 bits per heavy atom. The molecule has 1 aliphatic carbocycles. The molecule has 3 rings (SSSR count). The summed E-state index contributed by atoms with van der Waals surface area (Å²) in [5.41, 5.74) is 0.206. The lowest BCUT2D eigenvalue weighted by Gasteiger charge is -2.28. The number of alkyl halides is 2. The zero-order valence-electron chi connectivity index (χ0n) is 12.2. The highest BCUT2D eigenvalue weighted by atomic mass is 35.5. The molecule has 0 bridgehead atoms. The highest BCUT2D eigenvalue weighted by molar-refractivity contribution is 7.92. The van der Waals surface area contributed by atoms with Crippen molar-refractivity contribution in [2.45, 2.75) is 29.1 Å². The molecule has 1 atom stereocenters. The van der Waals surface area contributed by atoms with E-state index in [9.17, 15) is 26.7 Å². The Balaban J connectivity index is 2.29. The number of aromatic nitrogens is 1. The highest BCUT2D eigenvalue weighted by Gasteiger charge is 2.47. The largest absolute Gasteiger partial charge is 0.382 e. The number of hydrogen-bond acceptors (Lipinski definition) is 5. The summed E-state index contributed by atoms with van der Waals surface area (Å²) in [5.74, 6) is -4.23. The number of fused-ring (bicyclic) bond motifs is 1. The first-order chi connectivity index (χ1) is 11.0. The Labute approximate surface area is 144 Å². The van der Waals surface area contributed by atoms with Crippen LogP contribution in [0.15, 0.2) is 16.5 Å². The third kappa shape index (κ3) is 2.83. The lowest BCUT2D eigenvalue weighted by Crippen LogP contribution is -2.32. The second-order valence-corrected chi connectivity index (χ2v) is 9.13. The summed E-state index contributed by atoms with van der Waals surface area (Å²) in [7, 11) is -3.85. The SMILES string of the molecule is CS(=O)(=O)c1sc(-c2cnc(Cl)c(F)c2)c2c1[C@H](O)C(F)(F)CC2. The van der Waals surface area contributed by atoms with Crippen molar-refractivity contribution in [2.75, 3.05) is 6.26 Å². The van der Waals surface area contributed by atoms with Gasteiger partial charge in [-0.1, -0.05) is 11.6 Å². The number of thiophene rings is 1. The Morgan fingerprint density at radius 2 is 2.12 bits per heavy atom. The molecule has 24 heavy (non-hydrogen) atoms. The highest BCUT2D eigenvalue weighted by Crippen LogP contribution is 2.51. The Bertz CT molecular complexity index is 928. The first-order valence-electron chi connectivity index (χ1n) is 6.75. The molecule has 0 spiro atoms. The first-order valence-corrected chi connectivity index (χ1v) is 9.84. The third-order valence-electron chi connectivity index (χ3n) is 3.79. The number of halogens is 4. The maximum Gasteiger partial charge on any atom is 0.277 e. The molecule has 2 aromatic heterocycles. The van der Waals surface area contributed by atoms with Gasteiger partial charge in [-0.15, -0.1) is 11.3 Å². The van der Waals surface area contributed by atoms with Gasteiger partial charge in [0.25, 0.3) is 5.92 Å². The van der Waals surface area contributed by atoms with E-state index in [1.165, 1.54) is 6.20 Å². The van der Waals surface area contributed by atoms with Gasteiger partial charge in [0.1, 0.15) is 10.3 Å². The fraction of sp³-hybridized carbons (Fsp3) is 0.357. The summed E-state index contributed by atoms with van der Waals surface area (Å²) in [6, 6.07) is 1.06. The van der Waals surface area contributed by atoms with E-state index in [0.29, 0.717) is 4.88 Å². The normalized spacial score (nSPS) is 20.0. The van der Waals surface area contributed by atoms with Crippen LogP contribution in [-0.2, 0) is 16.3 Å². The predicted octanol–water partition coefficient (Wildman–Crippen LogP) is 3.62. The average molecular weight is 398 g/mol. The van der Waals surface area contributed by atoms with Gasteiger partial charge in [0.2, 0.25) is 0 Å². The molecule has 0 aromatic carbocycles. The molecule has 4 nitrogen and oxygen atoms in total. The van der Waals surface area contributed by atoms with Crippen molar-refractivity contribution in [3.8, 4) is 10.4 Å². The molecule has 0 unspecified atom stereocenters. The minimum atomic E-state index is -3.85. The molecule has 0 saturated carbocycles. The fourth-order valence-electron chi connectivity index (χ4n) is 2.67. The summed E-state index contributed by atoms with van der Waals surface area (Å²) in [6.07, 6.45) is -0.866. The van der Waals surface area contributed by atoms with Gasteiger partial charge < -0.3 is 5.11 Å². The fourth-order valence-corrected chi connectivity index (χ4v) is 5.36. The quantitative estimate of drug-likeness (QED) is 0.786. The minimum Gasteiger partial charge on any atom is -0.382 e. The van der Waals surface area contributed by atoms with Gasteiger partial charge >= 0.3 is 0 Å². The summed E-state index contributed by atoms with van der Waals surface area (Å²) in [5, 5.41) is 9.63. The van der Waals surface area contributed by atoms with Gasteiger partial charge in [0.05, 0.1) is 0 Å². The van der Waals surface area contributed by atoms with Crippen molar-refractivity contribution in [1.29, 1.82) is 0 Å². The van der Waals surface area contributed by atoms with E-state index >= 15 is 0 Å². The first kappa shape index (κ1) is 17.7. The minimum absolute atomic E-state index is 0.134. The maximum atomic E-state index is 13.8. The standard InChI is InChI=1S/C14H11ClF3NO3S2/c1-24(21,22)13-9-7(2-3-14(17,18)11(9)20)10(23-13)6-4-8(16)12(15)19-5-6/h4-5,11,20H,2-3H2,1H3/t11-/m0/s1. The molecule has 0 fully saturated rings. The Morgan fingerprint density at radius 1 is 1.46 bits per heavy atom. The van der Waals surface area contributed by atoms with Gasteiger partial charge in [-0.05, 0) is 18.1 Å². The molecule has 0 aliphatic heterocycles. The van der Waals surface area contributed by atoms with E-state index < -0.39 is 34.1 Å². The number of rotatable bonds is 2. The van der Waals surface area contributed by atoms with Crippen LogP contribution in [-0.4, -0.2) is 30.7 Å². The topological polar surface area (TPSA) is 67.3 Å². The molecule has 0 amide bonds. The van der Waals surface area contributed by atoms with Crippen LogP contribution in [0, 0.1) is 5.82 Å². The summed E-state index contributed by atoms with van der Waals surface area (Å²) >= 11 is 6.26. The zero-order valence-corrected chi connectivity index (χ0v) is 14.6. The third-order valence-corrected chi connectivity index (χ3v) is 7.21. The number of hydrogen-bond donors (Lipinski definition) is 1. The molecule has 2 aromatic rings. The van der Waals surface area contributed by atoms with Gasteiger partial charge in [0.15, 0.2) is 20.8 Å². The van der Waals surface area contributed by atoms with E-state index in [0.717, 1.165) is 23.7 Å². The summed E-state index contributed by atoms with van der Waals surface area (Å²) in [4.78, 5) is 3.95.